The predicted molar refractivity (Wildman–Crippen MR) is 115 cm³/mol. The monoisotopic (exact) mass is 511 g/mol. The molecule has 2 aliphatic rings. The van der Waals surface area contributed by atoms with Gasteiger partial charge >= 0.3 is 15.6 Å². The SMILES string of the molecule is CC(C(=O)[O-])C(c1ccc2c(c1)OC(c1ccc(OS(=O)(=O)C(F)(F)F)c(C=O)c1)CC2)C1CC1. The van der Waals surface area contributed by atoms with Crippen molar-refractivity contribution in [3.63, 3.8) is 0 Å². The van der Waals surface area contributed by atoms with Crippen LogP contribution in [0.1, 0.15) is 65.3 Å². The molecule has 4 rings (SSSR count). The summed E-state index contributed by atoms with van der Waals surface area (Å²) < 4.78 is 70.8. The fourth-order valence-electron chi connectivity index (χ4n) is 4.50. The average molecular weight is 511 g/mol. The van der Waals surface area contributed by atoms with Crippen molar-refractivity contribution in [2.75, 3.05) is 0 Å². The summed E-state index contributed by atoms with van der Waals surface area (Å²) >= 11 is 0. The fraction of sp³-hybridized carbons (Fsp3) is 0.417. The molecule has 3 unspecified atom stereocenters. The van der Waals surface area contributed by atoms with Gasteiger partial charge in [-0.15, -0.1) is 0 Å². The van der Waals surface area contributed by atoms with E-state index < -0.39 is 39.4 Å². The molecular weight excluding hydrogens is 489 g/mol. The molecule has 1 fully saturated rings. The first-order chi connectivity index (χ1) is 16.4. The van der Waals surface area contributed by atoms with Crippen molar-refractivity contribution in [3.8, 4) is 11.5 Å². The molecule has 0 radical (unpaired) electrons. The lowest BCUT2D eigenvalue weighted by atomic mass is 9.82. The Kier molecular flexibility index (Phi) is 6.56. The zero-order chi connectivity index (χ0) is 25.5. The molecule has 2 aromatic rings. The van der Waals surface area contributed by atoms with Gasteiger partial charge in [0.15, 0.2) is 12.0 Å². The largest absolute Gasteiger partial charge is 0.550 e. The van der Waals surface area contributed by atoms with Crippen LogP contribution in [-0.4, -0.2) is 26.2 Å². The topological polar surface area (TPSA) is 110 Å². The quantitative estimate of drug-likeness (QED) is 0.302. The van der Waals surface area contributed by atoms with E-state index in [4.69, 9.17) is 4.74 Å². The van der Waals surface area contributed by atoms with E-state index in [-0.39, 0.29) is 23.7 Å². The number of aryl methyl sites for hydroxylation is 1. The molecule has 188 valence electrons. The van der Waals surface area contributed by atoms with E-state index in [0.717, 1.165) is 30.0 Å². The van der Waals surface area contributed by atoms with Gasteiger partial charge in [-0.1, -0.05) is 25.1 Å². The zero-order valence-electron chi connectivity index (χ0n) is 18.6. The number of hydrogen-bond donors (Lipinski definition) is 0. The number of carbonyl (C=O) groups excluding carboxylic acids is 2. The minimum Gasteiger partial charge on any atom is -0.550 e. The first-order valence-electron chi connectivity index (χ1n) is 11.0. The number of carboxylic acids is 1. The van der Waals surface area contributed by atoms with Gasteiger partial charge in [-0.2, -0.15) is 21.6 Å². The van der Waals surface area contributed by atoms with Crippen molar-refractivity contribution in [2.45, 2.75) is 50.1 Å². The van der Waals surface area contributed by atoms with Crippen molar-refractivity contribution in [3.05, 3.63) is 58.7 Å². The second-order valence-electron chi connectivity index (χ2n) is 8.88. The molecule has 0 N–H and O–H groups in total. The number of carbonyl (C=O) groups is 2. The smallest absolute Gasteiger partial charge is 0.534 e. The summed E-state index contributed by atoms with van der Waals surface area (Å²) in [5.41, 5.74) is -3.78. The van der Waals surface area contributed by atoms with Crippen molar-refractivity contribution in [2.24, 2.45) is 11.8 Å². The highest BCUT2D eigenvalue weighted by molar-refractivity contribution is 7.88. The number of halogens is 3. The zero-order valence-corrected chi connectivity index (χ0v) is 19.4. The highest BCUT2D eigenvalue weighted by Gasteiger charge is 2.49. The molecule has 0 amide bonds. The van der Waals surface area contributed by atoms with Gasteiger partial charge in [-0.25, -0.2) is 0 Å². The van der Waals surface area contributed by atoms with E-state index >= 15 is 0 Å². The molecule has 1 heterocycles. The van der Waals surface area contributed by atoms with E-state index in [2.05, 4.69) is 4.18 Å². The third-order valence-corrected chi connectivity index (χ3v) is 7.44. The second-order valence-corrected chi connectivity index (χ2v) is 10.4. The van der Waals surface area contributed by atoms with Crippen LogP contribution in [0, 0.1) is 11.8 Å². The van der Waals surface area contributed by atoms with Crippen LogP contribution in [0.15, 0.2) is 36.4 Å². The van der Waals surface area contributed by atoms with Crippen LogP contribution in [0.3, 0.4) is 0 Å². The molecule has 0 spiro atoms. The lowest BCUT2D eigenvalue weighted by Crippen LogP contribution is -2.34. The molecule has 1 aliphatic heterocycles. The maximum Gasteiger partial charge on any atom is 0.534 e. The van der Waals surface area contributed by atoms with Crippen LogP contribution < -0.4 is 14.0 Å². The number of fused-ring (bicyclic) bond motifs is 1. The molecule has 1 saturated carbocycles. The van der Waals surface area contributed by atoms with Gasteiger partial charge in [-0.3, -0.25) is 4.79 Å². The van der Waals surface area contributed by atoms with Gasteiger partial charge in [0.05, 0.1) is 5.56 Å². The van der Waals surface area contributed by atoms with Gasteiger partial charge in [0.2, 0.25) is 0 Å². The standard InChI is InChI=1S/C24H23F3O7S/c1-13(23(29)30)22(15-3-4-15)17-5-2-14-6-8-19(33-21(14)11-17)16-7-9-20(18(10-16)12-28)34-35(31,32)24(25,26)27/h2,5,7,9-13,15,19,22H,3-4,6,8H2,1H3,(H,29,30)/p-1. The van der Waals surface area contributed by atoms with Crippen molar-refractivity contribution < 1.29 is 45.2 Å². The van der Waals surface area contributed by atoms with Crippen LogP contribution in [0.5, 0.6) is 11.5 Å². The van der Waals surface area contributed by atoms with E-state index in [1.807, 2.05) is 18.2 Å². The van der Waals surface area contributed by atoms with Crippen molar-refractivity contribution >= 4 is 22.4 Å². The van der Waals surface area contributed by atoms with Crippen LogP contribution in [0.2, 0.25) is 0 Å². The van der Waals surface area contributed by atoms with E-state index in [1.165, 1.54) is 12.1 Å². The van der Waals surface area contributed by atoms with Gasteiger partial charge < -0.3 is 18.8 Å². The number of hydrogen-bond acceptors (Lipinski definition) is 7. The lowest BCUT2D eigenvalue weighted by Gasteiger charge is -2.30. The predicted octanol–water partition coefficient (Wildman–Crippen LogP) is 3.67. The van der Waals surface area contributed by atoms with E-state index in [1.54, 1.807) is 6.92 Å². The Morgan fingerprint density at radius 3 is 2.49 bits per heavy atom. The minimum atomic E-state index is -5.93. The normalized spacial score (nSPS) is 19.7. The van der Waals surface area contributed by atoms with Crippen molar-refractivity contribution in [1.82, 2.24) is 0 Å². The lowest BCUT2D eigenvalue weighted by molar-refractivity contribution is -0.311. The number of rotatable bonds is 8. The molecular formula is C24H22F3O7S-. The number of alkyl halides is 3. The Bertz CT molecular complexity index is 1250. The summed E-state index contributed by atoms with van der Waals surface area (Å²) in [5.74, 6) is -1.91. The number of ether oxygens (including phenoxy) is 1. The molecule has 1 aliphatic carbocycles. The second kappa shape index (κ2) is 9.18. The Hall–Kier alpha value is -3.08. The number of aliphatic carboxylic acids is 1. The first kappa shape index (κ1) is 25.0. The number of carboxylic acid groups (broad SMARTS) is 1. The Balaban J connectivity index is 1.59. The highest BCUT2D eigenvalue weighted by Crippen LogP contribution is 2.48. The average Bonchev–Trinajstić information content (AvgIpc) is 3.63. The summed E-state index contributed by atoms with van der Waals surface area (Å²) in [6.45, 7) is 1.63. The van der Waals surface area contributed by atoms with Gasteiger partial charge in [0.1, 0.15) is 11.9 Å². The fourth-order valence-corrected chi connectivity index (χ4v) is 4.98. The summed E-state index contributed by atoms with van der Waals surface area (Å²) in [6, 6.07) is 9.19. The Labute approximate surface area is 200 Å². The maximum absolute atomic E-state index is 12.6. The van der Waals surface area contributed by atoms with Crippen molar-refractivity contribution in [1.29, 1.82) is 0 Å². The first-order valence-corrected chi connectivity index (χ1v) is 12.4. The molecule has 0 aromatic heterocycles. The van der Waals surface area contributed by atoms with Gasteiger partial charge in [0.25, 0.3) is 0 Å². The van der Waals surface area contributed by atoms with E-state index in [0.29, 0.717) is 24.2 Å². The van der Waals surface area contributed by atoms with Crippen LogP contribution in [0.25, 0.3) is 0 Å². The summed E-state index contributed by atoms with van der Waals surface area (Å²) in [6.07, 6.45) is 2.66. The third kappa shape index (κ3) is 5.14. The summed E-state index contributed by atoms with van der Waals surface area (Å²) in [5, 5.41) is 11.5. The maximum atomic E-state index is 12.6. The van der Waals surface area contributed by atoms with Crippen LogP contribution in [-0.2, 0) is 21.3 Å². The molecule has 7 nitrogen and oxygen atoms in total. The molecule has 3 atom stereocenters. The van der Waals surface area contributed by atoms with Gasteiger partial charge in [0, 0.05) is 11.9 Å². The van der Waals surface area contributed by atoms with Crippen LogP contribution in [0.4, 0.5) is 13.2 Å². The molecule has 0 saturated heterocycles. The molecule has 0 bridgehead atoms. The van der Waals surface area contributed by atoms with Gasteiger partial charge in [-0.05, 0) is 72.4 Å². The third-order valence-electron chi connectivity index (χ3n) is 6.48. The van der Waals surface area contributed by atoms with E-state index in [9.17, 15) is 36.3 Å². The molecule has 2 aromatic carbocycles. The number of benzene rings is 2. The van der Waals surface area contributed by atoms with Crippen LogP contribution >= 0.6 is 0 Å². The molecule has 11 heteroatoms. The molecule has 35 heavy (non-hydrogen) atoms. The summed E-state index contributed by atoms with van der Waals surface area (Å²) in [7, 11) is -5.93. The minimum absolute atomic E-state index is 0.206. The number of aldehydes is 1. The highest BCUT2D eigenvalue weighted by atomic mass is 32.2. The summed E-state index contributed by atoms with van der Waals surface area (Å²) in [4.78, 5) is 23.0. The Morgan fingerprint density at radius 1 is 1.17 bits per heavy atom. The Morgan fingerprint density at radius 2 is 1.89 bits per heavy atom.